The lowest BCUT2D eigenvalue weighted by Gasteiger charge is -2.15. The van der Waals surface area contributed by atoms with Crippen LogP contribution in [0.15, 0.2) is 17.1 Å². The number of aliphatic hydroxyl groups excluding tert-OH is 2. The van der Waals surface area contributed by atoms with Crippen molar-refractivity contribution in [2.75, 3.05) is 11.9 Å². The molecule has 1 aromatic rings. The average Bonchev–Trinajstić information content (AvgIpc) is 2.66. The van der Waals surface area contributed by atoms with E-state index in [0.29, 0.717) is 0 Å². The Morgan fingerprint density at radius 3 is 2.85 bits per heavy atom. The molecule has 9 heteroatoms. The number of hydrogen-bond donors (Lipinski definition) is 3. The third kappa shape index (κ3) is 2.84. The molecule has 2 heterocycles. The van der Waals surface area contributed by atoms with E-state index in [1.807, 2.05) is 0 Å². The summed E-state index contributed by atoms with van der Waals surface area (Å²) in [5.74, 6) is -0.291. The van der Waals surface area contributed by atoms with Crippen molar-refractivity contribution in [3.8, 4) is 0 Å². The number of amides is 1. The molecule has 3 N–H and O–H groups in total. The van der Waals surface area contributed by atoms with E-state index in [1.54, 1.807) is 0 Å². The first-order chi connectivity index (χ1) is 9.43. The molecule has 0 spiro atoms. The van der Waals surface area contributed by atoms with Gasteiger partial charge in [-0.05, 0) is 6.07 Å². The third-order valence-corrected chi connectivity index (χ3v) is 4.43. The van der Waals surface area contributed by atoms with Gasteiger partial charge in [-0.3, -0.25) is 9.36 Å². The fourth-order valence-corrected chi connectivity index (χ4v) is 3.29. The van der Waals surface area contributed by atoms with Crippen molar-refractivity contribution >= 4 is 23.5 Å². The van der Waals surface area contributed by atoms with Gasteiger partial charge in [0.25, 0.3) is 0 Å². The van der Waals surface area contributed by atoms with Gasteiger partial charge in [0.15, 0.2) is 6.17 Å². The summed E-state index contributed by atoms with van der Waals surface area (Å²) >= 11 is 0.974. The van der Waals surface area contributed by atoms with Gasteiger partial charge in [-0.1, -0.05) is 0 Å². The molecule has 1 fully saturated rings. The van der Waals surface area contributed by atoms with Gasteiger partial charge in [0.1, 0.15) is 17.3 Å². The molecule has 1 aliphatic rings. The van der Waals surface area contributed by atoms with Gasteiger partial charge < -0.3 is 15.5 Å². The van der Waals surface area contributed by atoms with E-state index in [0.717, 1.165) is 16.3 Å². The molecule has 0 bridgehead atoms. The van der Waals surface area contributed by atoms with Gasteiger partial charge in [-0.15, -0.1) is 11.8 Å². The number of halogens is 1. The number of carbonyl (C=O) groups excluding carboxylic acids is 1. The largest absolute Gasteiger partial charge is 0.395 e. The molecule has 0 aliphatic carbocycles. The SMILES string of the molecule is CC(=O)Nc1ccn([C@@H]2S[C@H](CO)[C@@H](O)[C@@H]2F)c(=O)n1. The Morgan fingerprint density at radius 1 is 1.65 bits per heavy atom. The first-order valence-corrected chi connectivity index (χ1v) is 6.83. The number of rotatable bonds is 3. The summed E-state index contributed by atoms with van der Waals surface area (Å²) in [6, 6.07) is 1.37. The average molecular weight is 303 g/mol. The molecule has 1 saturated heterocycles. The Bertz CT molecular complexity index is 567. The molecule has 1 amide bonds. The van der Waals surface area contributed by atoms with Crippen LogP contribution in [-0.2, 0) is 4.79 Å². The summed E-state index contributed by atoms with van der Waals surface area (Å²) in [6.45, 7) is 0.898. The number of thioether (sulfide) groups is 1. The molecule has 110 valence electrons. The highest BCUT2D eigenvalue weighted by Gasteiger charge is 2.44. The molecule has 0 saturated carbocycles. The number of aromatic nitrogens is 2. The highest BCUT2D eigenvalue weighted by Crippen LogP contribution is 2.42. The van der Waals surface area contributed by atoms with Crippen LogP contribution in [0.2, 0.25) is 0 Å². The zero-order valence-corrected chi connectivity index (χ0v) is 11.4. The molecule has 4 atom stereocenters. The van der Waals surface area contributed by atoms with Crippen molar-refractivity contribution in [3.05, 3.63) is 22.7 Å². The maximum Gasteiger partial charge on any atom is 0.350 e. The number of alkyl halides is 1. The topological polar surface area (TPSA) is 104 Å². The predicted molar refractivity (Wildman–Crippen MR) is 71.2 cm³/mol. The molecule has 0 aromatic carbocycles. The molecule has 0 unspecified atom stereocenters. The van der Waals surface area contributed by atoms with Crippen LogP contribution in [0.4, 0.5) is 10.2 Å². The summed E-state index contributed by atoms with van der Waals surface area (Å²) < 4.78 is 15.0. The number of carbonyl (C=O) groups is 1. The molecule has 2 rings (SSSR count). The lowest BCUT2D eigenvalue weighted by atomic mass is 10.1. The van der Waals surface area contributed by atoms with E-state index in [1.165, 1.54) is 19.2 Å². The zero-order chi connectivity index (χ0) is 14.9. The van der Waals surface area contributed by atoms with E-state index in [9.17, 15) is 19.1 Å². The standard InChI is InChI=1S/C11H14FN3O4S/c1-5(17)13-7-2-3-15(11(19)14-7)10-8(12)9(18)6(4-16)20-10/h2-3,6,8-10,16,18H,4H2,1H3,(H,13,14,17,19)/t6-,8+,9-,10-/m1/s1. The van der Waals surface area contributed by atoms with E-state index in [-0.39, 0.29) is 18.3 Å². The minimum Gasteiger partial charge on any atom is -0.395 e. The van der Waals surface area contributed by atoms with Gasteiger partial charge in [0.05, 0.1) is 11.9 Å². The van der Waals surface area contributed by atoms with Crippen molar-refractivity contribution in [2.24, 2.45) is 0 Å². The monoisotopic (exact) mass is 303 g/mol. The van der Waals surface area contributed by atoms with E-state index in [4.69, 9.17) is 5.11 Å². The van der Waals surface area contributed by atoms with Crippen molar-refractivity contribution in [2.45, 2.75) is 29.8 Å². The van der Waals surface area contributed by atoms with Crippen molar-refractivity contribution in [1.29, 1.82) is 0 Å². The van der Waals surface area contributed by atoms with Crippen LogP contribution in [0.1, 0.15) is 12.3 Å². The van der Waals surface area contributed by atoms with E-state index >= 15 is 0 Å². The summed E-state index contributed by atoms with van der Waals surface area (Å²) in [5, 5.41) is 19.4. The van der Waals surface area contributed by atoms with E-state index < -0.39 is 28.6 Å². The van der Waals surface area contributed by atoms with Crippen LogP contribution in [0.3, 0.4) is 0 Å². The number of hydrogen-bond acceptors (Lipinski definition) is 6. The zero-order valence-electron chi connectivity index (χ0n) is 10.6. The van der Waals surface area contributed by atoms with Crippen LogP contribution in [0.5, 0.6) is 0 Å². The smallest absolute Gasteiger partial charge is 0.350 e. The Balaban J connectivity index is 2.26. The second-order valence-electron chi connectivity index (χ2n) is 4.37. The Hall–Kier alpha value is -1.45. The van der Waals surface area contributed by atoms with Crippen LogP contribution in [0.25, 0.3) is 0 Å². The van der Waals surface area contributed by atoms with Crippen LogP contribution in [-0.4, -0.2) is 49.8 Å². The number of anilines is 1. The van der Waals surface area contributed by atoms with Crippen LogP contribution >= 0.6 is 11.8 Å². The maximum atomic E-state index is 14.0. The minimum atomic E-state index is -1.68. The van der Waals surface area contributed by atoms with Crippen LogP contribution < -0.4 is 11.0 Å². The van der Waals surface area contributed by atoms with Gasteiger partial charge in [0.2, 0.25) is 5.91 Å². The van der Waals surface area contributed by atoms with Crippen LogP contribution in [0, 0.1) is 0 Å². The van der Waals surface area contributed by atoms with E-state index in [2.05, 4.69) is 10.3 Å². The summed E-state index contributed by atoms with van der Waals surface area (Å²) in [5.41, 5.74) is -0.734. The Kier molecular flexibility index (Phi) is 4.41. The van der Waals surface area contributed by atoms with Crippen molar-refractivity contribution < 1.29 is 19.4 Å². The highest BCUT2D eigenvalue weighted by molar-refractivity contribution is 8.00. The second-order valence-corrected chi connectivity index (χ2v) is 5.73. The van der Waals surface area contributed by atoms with Crippen molar-refractivity contribution in [1.82, 2.24) is 9.55 Å². The first-order valence-electron chi connectivity index (χ1n) is 5.89. The minimum absolute atomic E-state index is 0.0800. The maximum absolute atomic E-state index is 14.0. The lowest BCUT2D eigenvalue weighted by Crippen LogP contribution is -2.33. The fraction of sp³-hybridized carbons (Fsp3) is 0.545. The predicted octanol–water partition coefficient (Wildman–Crippen LogP) is -0.493. The second kappa shape index (κ2) is 5.90. The van der Waals surface area contributed by atoms with Gasteiger partial charge in [-0.25, -0.2) is 9.18 Å². The van der Waals surface area contributed by atoms with Crippen molar-refractivity contribution in [3.63, 3.8) is 0 Å². The Morgan fingerprint density at radius 2 is 2.35 bits per heavy atom. The third-order valence-electron chi connectivity index (χ3n) is 2.88. The molecule has 1 aliphatic heterocycles. The lowest BCUT2D eigenvalue weighted by molar-refractivity contribution is -0.114. The molecular formula is C11H14FN3O4S. The van der Waals surface area contributed by atoms with Gasteiger partial charge in [0, 0.05) is 13.1 Å². The summed E-state index contributed by atoms with van der Waals surface area (Å²) in [7, 11) is 0. The first kappa shape index (κ1) is 14.9. The normalized spacial score (nSPS) is 29.4. The number of aliphatic hydroxyl groups is 2. The molecule has 7 nitrogen and oxygen atoms in total. The fourth-order valence-electron chi connectivity index (χ4n) is 1.93. The molecular weight excluding hydrogens is 289 g/mol. The summed E-state index contributed by atoms with van der Waals surface area (Å²) in [6.07, 6.45) is -1.71. The highest BCUT2D eigenvalue weighted by atomic mass is 32.2. The quantitative estimate of drug-likeness (QED) is 0.696. The molecule has 20 heavy (non-hydrogen) atoms. The van der Waals surface area contributed by atoms with Gasteiger partial charge >= 0.3 is 5.69 Å². The Labute approximate surface area is 117 Å². The summed E-state index contributed by atoms with van der Waals surface area (Å²) in [4.78, 5) is 26.3. The molecule has 1 aromatic heterocycles. The van der Waals surface area contributed by atoms with Gasteiger partial charge in [-0.2, -0.15) is 4.98 Å². The molecule has 0 radical (unpaired) electrons. The number of nitrogens with zero attached hydrogens (tertiary/aromatic N) is 2. The number of nitrogens with one attached hydrogen (secondary N) is 1.